The Morgan fingerprint density at radius 2 is 1.87 bits per heavy atom. The van der Waals surface area contributed by atoms with Crippen LogP contribution in [0.1, 0.15) is 29.2 Å². The zero-order valence-electron chi connectivity index (χ0n) is 17.1. The van der Waals surface area contributed by atoms with Crippen molar-refractivity contribution in [2.75, 3.05) is 14.2 Å². The average molecular weight is 431 g/mol. The minimum absolute atomic E-state index is 0.0124. The van der Waals surface area contributed by atoms with Gasteiger partial charge in [0.05, 0.1) is 5.56 Å². The van der Waals surface area contributed by atoms with Crippen LogP contribution in [-0.4, -0.2) is 31.5 Å². The molecular formula is C22H20F3N3O3. The predicted octanol–water partition coefficient (Wildman–Crippen LogP) is 3.75. The zero-order valence-corrected chi connectivity index (χ0v) is 17.1. The summed E-state index contributed by atoms with van der Waals surface area (Å²) < 4.78 is 38.3. The van der Waals surface area contributed by atoms with E-state index in [1.165, 1.54) is 26.3 Å². The van der Waals surface area contributed by atoms with Crippen molar-refractivity contribution in [3.8, 4) is 11.8 Å². The minimum atomic E-state index is -4.43. The summed E-state index contributed by atoms with van der Waals surface area (Å²) in [5.74, 6) is 4.84. The van der Waals surface area contributed by atoms with Gasteiger partial charge in [-0.3, -0.25) is 4.79 Å². The van der Waals surface area contributed by atoms with Crippen molar-refractivity contribution in [1.82, 2.24) is 5.32 Å². The van der Waals surface area contributed by atoms with Gasteiger partial charge in [-0.1, -0.05) is 46.6 Å². The first kappa shape index (κ1) is 23.5. The van der Waals surface area contributed by atoms with Crippen molar-refractivity contribution < 1.29 is 27.6 Å². The maximum absolute atomic E-state index is 12.8. The molecule has 0 unspecified atom stereocenters. The molecule has 0 aromatic heterocycles. The highest BCUT2D eigenvalue weighted by molar-refractivity contribution is 6.45. The van der Waals surface area contributed by atoms with E-state index in [0.29, 0.717) is 11.1 Å². The molecule has 0 aliphatic heterocycles. The Morgan fingerprint density at radius 1 is 1.13 bits per heavy atom. The van der Waals surface area contributed by atoms with E-state index in [0.717, 1.165) is 12.1 Å². The number of nitrogens with one attached hydrogen (secondary N) is 1. The fraction of sp³-hybridized carbons (Fsp3) is 0.227. The number of likely N-dealkylation sites (N-methyl/N-ethyl adjacent to an activating group) is 1. The van der Waals surface area contributed by atoms with Gasteiger partial charge in [0.25, 0.3) is 5.91 Å². The standard InChI is InChI=1S/C22H20F3N3O3/c1-15(11-12-16-7-6-9-18(13-16)22(23,24)25)27-31-14-17-8-4-5-10-19(17)20(28-30-3)21(29)26-2/h4-10,13H,14H2,1-3H3,(H,26,29)/b27-15+,28-20+. The summed E-state index contributed by atoms with van der Waals surface area (Å²) in [6.07, 6.45) is -4.43. The van der Waals surface area contributed by atoms with Crippen LogP contribution >= 0.6 is 0 Å². The summed E-state index contributed by atoms with van der Waals surface area (Å²) in [5.41, 5.74) is 0.921. The van der Waals surface area contributed by atoms with Crippen LogP contribution in [0.5, 0.6) is 0 Å². The molecular weight excluding hydrogens is 411 g/mol. The lowest BCUT2D eigenvalue weighted by molar-refractivity contribution is -0.137. The molecule has 0 heterocycles. The largest absolute Gasteiger partial charge is 0.416 e. The van der Waals surface area contributed by atoms with Crippen LogP contribution in [0.15, 0.2) is 58.8 Å². The number of carbonyl (C=O) groups excluding carboxylic acids is 1. The topological polar surface area (TPSA) is 72.3 Å². The first-order chi connectivity index (χ1) is 14.8. The Balaban J connectivity index is 2.13. The molecule has 0 radical (unpaired) electrons. The molecule has 6 nitrogen and oxygen atoms in total. The molecule has 2 aromatic rings. The van der Waals surface area contributed by atoms with Crippen molar-refractivity contribution >= 4 is 17.3 Å². The third-order valence-corrected chi connectivity index (χ3v) is 3.90. The van der Waals surface area contributed by atoms with Crippen molar-refractivity contribution in [3.05, 3.63) is 70.8 Å². The number of nitrogens with zero attached hydrogens (tertiary/aromatic N) is 2. The molecule has 0 fully saturated rings. The Morgan fingerprint density at radius 3 is 2.55 bits per heavy atom. The monoisotopic (exact) mass is 431 g/mol. The van der Waals surface area contributed by atoms with Crippen molar-refractivity contribution in [2.45, 2.75) is 19.7 Å². The van der Waals surface area contributed by atoms with E-state index in [2.05, 4.69) is 27.5 Å². The van der Waals surface area contributed by atoms with Crippen molar-refractivity contribution in [3.63, 3.8) is 0 Å². The van der Waals surface area contributed by atoms with Gasteiger partial charge in [-0.2, -0.15) is 13.2 Å². The summed E-state index contributed by atoms with van der Waals surface area (Å²) in [4.78, 5) is 22.1. The third-order valence-electron chi connectivity index (χ3n) is 3.90. The molecule has 0 bridgehead atoms. The van der Waals surface area contributed by atoms with E-state index in [1.54, 1.807) is 31.2 Å². The van der Waals surface area contributed by atoms with Crippen LogP contribution in [-0.2, 0) is 27.3 Å². The van der Waals surface area contributed by atoms with Crippen molar-refractivity contribution in [1.29, 1.82) is 0 Å². The van der Waals surface area contributed by atoms with Gasteiger partial charge in [-0.25, -0.2) is 0 Å². The van der Waals surface area contributed by atoms with Crippen LogP contribution in [0.25, 0.3) is 0 Å². The number of amides is 1. The van der Waals surface area contributed by atoms with Gasteiger partial charge in [0, 0.05) is 23.7 Å². The van der Waals surface area contributed by atoms with Crippen molar-refractivity contribution in [2.24, 2.45) is 10.3 Å². The number of hydrogen-bond acceptors (Lipinski definition) is 5. The number of benzene rings is 2. The molecule has 0 saturated heterocycles. The van der Waals surface area contributed by atoms with Crippen LogP contribution in [0.3, 0.4) is 0 Å². The molecule has 2 aromatic carbocycles. The van der Waals surface area contributed by atoms with E-state index >= 15 is 0 Å². The Labute approximate surface area is 177 Å². The lowest BCUT2D eigenvalue weighted by Crippen LogP contribution is -2.29. The molecule has 1 N–H and O–H groups in total. The quantitative estimate of drug-likeness (QED) is 0.430. The molecule has 0 saturated carbocycles. The SMILES string of the molecule is CNC(=O)/C(=N/OC)c1ccccc1CO/N=C(\C)C#Cc1cccc(C(F)(F)F)c1. The molecule has 0 atom stereocenters. The second-order valence-electron chi connectivity index (χ2n) is 6.14. The number of rotatable bonds is 6. The molecule has 0 spiro atoms. The second-order valence-corrected chi connectivity index (χ2v) is 6.14. The molecule has 9 heteroatoms. The van der Waals surface area contributed by atoms with Gasteiger partial charge < -0.3 is 15.0 Å². The molecule has 162 valence electrons. The number of carbonyl (C=O) groups is 1. The highest BCUT2D eigenvalue weighted by Gasteiger charge is 2.30. The Kier molecular flexibility index (Phi) is 8.20. The molecule has 1 amide bonds. The van der Waals surface area contributed by atoms with E-state index in [4.69, 9.17) is 9.68 Å². The van der Waals surface area contributed by atoms with E-state index < -0.39 is 17.6 Å². The summed E-state index contributed by atoms with van der Waals surface area (Å²) in [7, 11) is 2.81. The van der Waals surface area contributed by atoms with Gasteiger partial charge in [0.1, 0.15) is 19.4 Å². The summed E-state index contributed by atoms with van der Waals surface area (Å²) >= 11 is 0. The van der Waals surface area contributed by atoms with E-state index in [1.807, 2.05) is 0 Å². The fourth-order valence-corrected chi connectivity index (χ4v) is 2.46. The maximum atomic E-state index is 12.8. The van der Waals surface area contributed by atoms with Gasteiger partial charge in [-0.05, 0) is 31.0 Å². The van der Waals surface area contributed by atoms with Gasteiger partial charge in [0.2, 0.25) is 0 Å². The maximum Gasteiger partial charge on any atom is 0.416 e. The number of hydrogen-bond donors (Lipinski definition) is 1. The van der Waals surface area contributed by atoms with Gasteiger partial charge in [-0.15, -0.1) is 0 Å². The first-order valence-electron chi connectivity index (χ1n) is 9.03. The lowest BCUT2D eigenvalue weighted by Gasteiger charge is -2.09. The van der Waals surface area contributed by atoms with Gasteiger partial charge in [0.15, 0.2) is 5.71 Å². The number of alkyl halides is 3. The highest BCUT2D eigenvalue weighted by Crippen LogP contribution is 2.29. The Hall–Kier alpha value is -3.80. The van der Waals surface area contributed by atoms with Crippen LogP contribution in [0, 0.1) is 11.8 Å². The normalized spacial score (nSPS) is 11.9. The molecule has 0 aliphatic rings. The minimum Gasteiger partial charge on any atom is -0.398 e. The smallest absolute Gasteiger partial charge is 0.398 e. The molecule has 31 heavy (non-hydrogen) atoms. The summed E-state index contributed by atoms with van der Waals surface area (Å²) in [6.45, 7) is 1.58. The summed E-state index contributed by atoms with van der Waals surface area (Å²) in [5, 5.41) is 10.1. The fourth-order valence-electron chi connectivity index (χ4n) is 2.46. The zero-order chi connectivity index (χ0) is 22.9. The lowest BCUT2D eigenvalue weighted by atomic mass is 10.0. The molecule has 0 aliphatic carbocycles. The number of oxime groups is 2. The number of halogens is 3. The molecule has 2 rings (SSSR count). The van der Waals surface area contributed by atoms with Crippen LogP contribution < -0.4 is 5.32 Å². The second kappa shape index (κ2) is 10.8. The third kappa shape index (κ3) is 6.89. The van der Waals surface area contributed by atoms with Crippen LogP contribution in [0.2, 0.25) is 0 Å². The van der Waals surface area contributed by atoms with E-state index in [-0.39, 0.29) is 23.6 Å². The predicted molar refractivity (Wildman–Crippen MR) is 110 cm³/mol. The average Bonchev–Trinajstić information content (AvgIpc) is 2.75. The Bertz CT molecular complexity index is 1050. The highest BCUT2D eigenvalue weighted by atomic mass is 19.4. The first-order valence-corrected chi connectivity index (χ1v) is 9.03. The van der Waals surface area contributed by atoms with Gasteiger partial charge >= 0.3 is 6.18 Å². The van der Waals surface area contributed by atoms with E-state index in [9.17, 15) is 18.0 Å². The van der Waals surface area contributed by atoms with Crippen LogP contribution in [0.4, 0.5) is 13.2 Å². The summed E-state index contributed by atoms with van der Waals surface area (Å²) in [6, 6.07) is 11.6.